The zero-order valence-corrected chi connectivity index (χ0v) is 18.7. The van der Waals surface area contributed by atoms with Gasteiger partial charge in [0.25, 0.3) is 0 Å². The lowest BCUT2D eigenvalue weighted by molar-refractivity contribution is -0.115. The van der Waals surface area contributed by atoms with E-state index < -0.39 is 9.84 Å². The molecule has 7 heteroatoms. The average molecular weight is 451 g/mol. The molecule has 0 unspecified atom stereocenters. The van der Waals surface area contributed by atoms with Crippen molar-refractivity contribution in [3.05, 3.63) is 83.9 Å². The maximum Gasteiger partial charge on any atom is 0.225 e. The number of aromatic nitrogens is 1. The summed E-state index contributed by atoms with van der Waals surface area (Å²) in [4.78, 5) is 16.9. The highest BCUT2D eigenvalue weighted by Crippen LogP contribution is 2.31. The van der Waals surface area contributed by atoms with Gasteiger partial charge in [0.05, 0.1) is 21.7 Å². The summed E-state index contributed by atoms with van der Waals surface area (Å²) in [5.41, 5.74) is 4.50. The van der Waals surface area contributed by atoms with E-state index in [1.807, 2.05) is 42.5 Å². The summed E-state index contributed by atoms with van der Waals surface area (Å²) < 4.78 is 25.7. The van der Waals surface area contributed by atoms with E-state index in [0.29, 0.717) is 5.69 Å². The molecule has 31 heavy (non-hydrogen) atoms. The van der Waals surface area contributed by atoms with Gasteiger partial charge in [-0.2, -0.15) is 0 Å². The lowest BCUT2D eigenvalue weighted by atomic mass is 10.2. The molecular weight excluding hydrogens is 428 g/mol. The molecule has 0 saturated carbocycles. The third-order valence-corrected chi connectivity index (χ3v) is 7.50. The summed E-state index contributed by atoms with van der Waals surface area (Å²) in [7, 11) is -3.35. The first kappa shape index (κ1) is 21.2. The van der Waals surface area contributed by atoms with Crippen molar-refractivity contribution in [2.75, 3.05) is 11.1 Å². The molecule has 0 saturated heterocycles. The first-order valence-electron chi connectivity index (χ1n) is 9.90. The number of rotatable bonds is 7. The van der Waals surface area contributed by atoms with E-state index >= 15 is 0 Å². The number of fused-ring (bicyclic) bond motifs is 1. The number of nitrogens with zero attached hydrogens (tertiary/aromatic N) is 1. The zero-order valence-electron chi connectivity index (χ0n) is 17.0. The van der Waals surface area contributed by atoms with Crippen molar-refractivity contribution in [1.29, 1.82) is 0 Å². The van der Waals surface area contributed by atoms with E-state index in [1.165, 1.54) is 5.56 Å². The Bertz CT molecular complexity index is 1310. The van der Waals surface area contributed by atoms with Crippen LogP contribution in [0.5, 0.6) is 0 Å². The summed E-state index contributed by atoms with van der Waals surface area (Å²) in [6, 6.07) is 22.6. The second kappa shape index (κ2) is 8.99. The second-order valence-electron chi connectivity index (χ2n) is 7.44. The number of nitrogens with one attached hydrogen (secondary N) is 1. The highest BCUT2D eigenvalue weighted by molar-refractivity contribution is 7.90. The fraction of sp³-hybridized carbons (Fsp3) is 0.167. The Hall–Kier alpha value is -3.03. The minimum absolute atomic E-state index is 0.0580. The molecule has 0 aliphatic rings. The molecule has 1 aromatic heterocycles. The third kappa shape index (κ3) is 5.57. The Morgan fingerprint density at radius 3 is 2.48 bits per heavy atom. The molecule has 0 fully saturated rings. The van der Waals surface area contributed by atoms with Crippen LogP contribution in [0.4, 0.5) is 5.69 Å². The summed E-state index contributed by atoms with van der Waals surface area (Å²) in [6.07, 6.45) is -0.0753. The van der Waals surface area contributed by atoms with Crippen LogP contribution in [0.1, 0.15) is 17.5 Å². The van der Waals surface area contributed by atoms with Gasteiger partial charge in [0.2, 0.25) is 5.91 Å². The quantitative estimate of drug-likeness (QED) is 0.419. The van der Waals surface area contributed by atoms with E-state index in [1.54, 1.807) is 35.6 Å². The first-order valence-corrected chi connectivity index (χ1v) is 12.5. The molecule has 0 bridgehead atoms. The Morgan fingerprint density at radius 1 is 1.00 bits per heavy atom. The fourth-order valence-corrected chi connectivity index (χ4v) is 5.63. The molecule has 158 valence electrons. The predicted molar refractivity (Wildman–Crippen MR) is 127 cm³/mol. The van der Waals surface area contributed by atoms with Crippen molar-refractivity contribution in [3.8, 4) is 10.6 Å². The van der Waals surface area contributed by atoms with Crippen LogP contribution in [0.3, 0.4) is 0 Å². The summed E-state index contributed by atoms with van der Waals surface area (Å²) >= 11 is 1.63. The van der Waals surface area contributed by atoms with Crippen LogP contribution in [-0.4, -0.2) is 25.1 Å². The number of hydrogen-bond acceptors (Lipinski definition) is 5. The minimum Gasteiger partial charge on any atom is -0.326 e. The summed E-state index contributed by atoms with van der Waals surface area (Å²) in [6.45, 7) is 2.06. The molecule has 5 nitrogen and oxygen atoms in total. The number of thiazole rings is 1. The van der Waals surface area contributed by atoms with Crippen molar-refractivity contribution < 1.29 is 13.2 Å². The molecule has 0 spiro atoms. The average Bonchev–Trinajstić information content (AvgIpc) is 3.16. The maximum absolute atomic E-state index is 12.3. The highest BCUT2D eigenvalue weighted by atomic mass is 32.2. The lowest BCUT2D eigenvalue weighted by Crippen LogP contribution is -2.18. The molecule has 0 aliphatic carbocycles. The molecule has 4 aromatic rings. The molecule has 0 aliphatic heterocycles. The van der Waals surface area contributed by atoms with Gasteiger partial charge in [0, 0.05) is 17.7 Å². The predicted octanol–water partition coefficient (Wildman–Crippen LogP) is 5.22. The molecule has 0 atom stereocenters. The molecule has 4 rings (SSSR count). The van der Waals surface area contributed by atoms with Crippen LogP contribution in [0.25, 0.3) is 20.8 Å². The summed E-state index contributed by atoms with van der Waals surface area (Å²) in [5.74, 6) is -0.561. The first-order chi connectivity index (χ1) is 14.9. The van der Waals surface area contributed by atoms with Crippen molar-refractivity contribution >= 4 is 43.0 Å². The lowest BCUT2D eigenvalue weighted by Gasteiger charge is -2.07. The number of benzene rings is 3. The van der Waals surface area contributed by atoms with Gasteiger partial charge in [-0.05, 0) is 54.4 Å². The van der Waals surface area contributed by atoms with E-state index in [-0.39, 0.29) is 23.8 Å². The smallest absolute Gasteiger partial charge is 0.225 e. The van der Waals surface area contributed by atoms with Gasteiger partial charge in [-0.1, -0.05) is 36.4 Å². The van der Waals surface area contributed by atoms with Crippen LogP contribution in [0.2, 0.25) is 0 Å². The number of hydrogen-bond donors (Lipinski definition) is 1. The van der Waals surface area contributed by atoms with E-state index in [0.717, 1.165) is 26.4 Å². The van der Waals surface area contributed by atoms with Crippen LogP contribution in [0.15, 0.2) is 72.8 Å². The number of aryl methyl sites for hydroxylation is 1. The molecule has 3 aromatic carbocycles. The normalized spacial score (nSPS) is 11.5. The Balaban J connectivity index is 1.35. The molecule has 1 heterocycles. The maximum atomic E-state index is 12.3. The van der Waals surface area contributed by atoms with Crippen molar-refractivity contribution in [1.82, 2.24) is 4.98 Å². The van der Waals surface area contributed by atoms with Gasteiger partial charge in [0.1, 0.15) is 5.01 Å². The van der Waals surface area contributed by atoms with Gasteiger partial charge >= 0.3 is 0 Å². The van der Waals surface area contributed by atoms with Gasteiger partial charge in [-0.15, -0.1) is 11.3 Å². The number of sulfone groups is 1. The highest BCUT2D eigenvalue weighted by Gasteiger charge is 2.15. The van der Waals surface area contributed by atoms with Crippen LogP contribution < -0.4 is 5.32 Å². The number of amides is 1. The minimum atomic E-state index is -3.35. The van der Waals surface area contributed by atoms with E-state index in [4.69, 9.17) is 0 Å². The monoisotopic (exact) mass is 450 g/mol. The molecular formula is C24H22N2O3S2. The van der Waals surface area contributed by atoms with Gasteiger partial charge in [-0.25, -0.2) is 13.4 Å². The van der Waals surface area contributed by atoms with Crippen molar-refractivity contribution in [2.45, 2.75) is 19.1 Å². The Labute approximate surface area is 185 Å². The van der Waals surface area contributed by atoms with Crippen LogP contribution in [0, 0.1) is 6.92 Å². The van der Waals surface area contributed by atoms with E-state index in [9.17, 15) is 13.2 Å². The third-order valence-electron chi connectivity index (χ3n) is 4.83. The van der Waals surface area contributed by atoms with Gasteiger partial charge < -0.3 is 5.32 Å². The molecule has 1 amide bonds. The van der Waals surface area contributed by atoms with Crippen molar-refractivity contribution in [2.24, 2.45) is 0 Å². The fourth-order valence-electron chi connectivity index (χ4n) is 3.22. The zero-order chi connectivity index (χ0) is 21.8. The Kier molecular flexibility index (Phi) is 6.15. The van der Waals surface area contributed by atoms with Gasteiger partial charge in [0.15, 0.2) is 9.84 Å². The largest absolute Gasteiger partial charge is 0.326 e. The molecule has 0 radical (unpaired) electrons. The topological polar surface area (TPSA) is 76.1 Å². The molecule has 1 N–H and O–H groups in total. The van der Waals surface area contributed by atoms with Gasteiger partial charge in [-0.3, -0.25) is 4.79 Å². The second-order valence-corrected chi connectivity index (χ2v) is 10.7. The van der Waals surface area contributed by atoms with Crippen LogP contribution in [-0.2, 0) is 20.4 Å². The number of anilines is 1. The number of carbonyl (C=O) groups excluding carboxylic acids is 1. The number of carbonyl (C=O) groups is 1. The van der Waals surface area contributed by atoms with Crippen LogP contribution >= 0.6 is 11.3 Å². The standard InChI is InChI=1S/C24H22N2O3S2/c1-17-7-12-21-22(15-17)30-24(26-21)19-8-10-20(11-9-19)25-23(27)13-14-31(28,29)16-18-5-3-2-4-6-18/h2-12,15H,13-14,16H2,1H3,(H,25,27). The Morgan fingerprint density at radius 2 is 1.74 bits per heavy atom. The van der Waals surface area contributed by atoms with E-state index in [2.05, 4.69) is 23.3 Å². The van der Waals surface area contributed by atoms with Crippen molar-refractivity contribution in [3.63, 3.8) is 0 Å². The summed E-state index contributed by atoms with van der Waals surface area (Å²) in [5, 5.41) is 3.69. The SMILES string of the molecule is Cc1ccc2nc(-c3ccc(NC(=O)CCS(=O)(=O)Cc4ccccc4)cc3)sc2c1.